The van der Waals surface area contributed by atoms with Crippen LogP contribution in [0.15, 0.2) is 30.3 Å². The zero-order valence-electron chi connectivity index (χ0n) is 6.32. The molecule has 54 valence electrons. The first-order chi connectivity index (χ1) is 4.79. The van der Waals surface area contributed by atoms with Crippen molar-refractivity contribution in [3.63, 3.8) is 0 Å². The molecule has 0 fully saturated rings. The fraction of sp³-hybridized carbons (Fsp3) is 0.143. The van der Waals surface area contributed by atoms with E-state index in [0.29, 0.717) is 5.75 Å². The third-order valence-corrected chi connectivity index (χ3v) is 2.05. The standard InChI is InChI=1S/C7H8OS2.Na/c8-10(9)6-7-4-2-1-3-5-7;/h1-5H,6H2,(H,8,9);/q;+1/p-1. The number of rotatable bonds is 2. The van der Waals surface area contributed by atoms with Gasteiger partial charge in [-0.15, -0.1) is 0 Å². The molecule has 1 unspecified atom stereocenters. The topological polar surface area (TPSA) is 23.1 Å². The Hall–Kier alpha value is 0.750. The van der Waals surface area contributed by atoms with E-state index in [-0.39, 0.29) is 29.6 Å². The zero-order chi connectivity index (χ0) is 7.40. The summed E-state index contributed by atoms with van der Waals surface area (Å²) in [4.78, 5) is 0. The van der Waals surface area contributed by atoms with Crippen LogP contribution in [-0.2, 0) is 26.7 Å². The van der Waals surface area contributed by atoms with Crippen LogP contribution in [0.2, 0.25) is 0 Å². The van der Waals surface area contributed by atoms with Gasteiger partial charge in [-0.25, -0.2) is 9.74 Å². The Labute approximate surface area is 95.9 Å². The van der Waals surface area contributed by atoms with Crippen LogP contribution >= 0.6 is 0 Å². The Balaban J connectivity index is 0.000001000. The summed E-state index contributed by atoms with van der Waals surface area (Å²) < 4.78 is 10.5. The Morgan fingerprint density at radius 2 is 1.82 bits per heavy atom. The summed E-state index contributed by atoms with van der Waals surface area (Å²) >= 11 is 4.53. The van der Waals surface area contributed by atoms with Crippen LogP contribution in [0, 0.1) is 0 Å². The molecule has 11 heavy (non-hydrogen) atoms. The van der Waals surface area contributed by atoms with Crippen molar-refractivity contribution in [2.75, 3.05) is 0 Å². The molecule has 1 atom stereocenters. The third-order valence-electron chi connectivity index (χ3n) is 1.13. The average Bonchev–Trinajstić information content (AvgIpc) is 1.88. The molecule has 1 aromatic rings. The molecule has 0 aliphatic rings. The zero-order valence-corrected chi connectivity index (χ0v) is 9.95. The van der Waals surface area contributed by atoms with Gasteiger partial charge in [0.1, 0.15) is 0 Å². The van der Waals surface area contributed by atoms with Gasteiger partial charge in [-0.05, 0) is 5.56 Å². The molecule has 0 bridgehead atoms. The third kappa shape index (κ3) is 5.06. The average molecular weight is 194 g/mol. The van der Waals surface area contributed by atoms with Crippen LogP contribution in [0.5, 0.6) is 0 Å². The summed E-state index contributed by atoms with van der Waals surface area (Å²) in [7, 11) is -1.13. The molecule has 0 spiro atoms. The van der Waals surface area contributed by atoms with Gasteiger partial charge in [-0.2, -0.15) is 0 Å². The minimum atomic E-state index is -1.13. The molecule has 0 saturated carbocycles. The van der Waals surface area contributed by atoms with Crippen LogP contribution in [-0.4, -0.2) is 4.55 Å². The molecule has 0 radical (unpaired) electrons. The van der Waals surface area contributed by atoms with E-state index in [4.69, 9.17) is 0 Å². The summed E-state index contributed by atoms with van der Waals surface area (Å²) in [6.45, 7) is 0. The second-order valence-corrected chi connectivity index (χ2v) is 3.95. The number of benzene rings is 1. The van der Waals surface area contributed by atoms with Gasteiger partial charge in [0.15, 0.2) is 0 Å². The van der Waals surface area contributed by atoms with E-state index in [9.17, 15) is 4.55 Å². The maximum atomic E-state index is 10.5. The Bertz CT molecular complexity index is 225. The van der Waals surface area contributed by atoms with E-state index in [1.165, 1.54) is 0 Å². The molecule has 1 aromatic carbocycles. The van der Waals surface area contributed by atoms with Crippen LogP contribution in [0.3, 0.4) is 0 Å². The van der Waals surface area contributed by atoms with Gasteiger partial charge in [0.05, 0.1) is 0 Å². The van der Waals surface area contributed by atoms with Gasteiger partial charge < -0.3 is 4.55 Å². The predicted molar refractivity (Wildman–Crippen MR) is 45.7 cm³/mol. The molecular weight excluding hydrogens is 187 g/mol. The maximum Gasteiger partial charge on any atom is 1.00 e. The maximum absolute atomic E-state index is 10.5. The minimum Gasteiger partial charge on any atom is -0.794 e. The van der Waals surface area contributed by atoms with Gasteiger partial charge in [-0.3, -0.25) is 0 Å². The Morgan fingerprint density at radius 3 is 2.27 bits per heavy atom. The SMILES string of the molecule is [Na+].[O-]S(=S)Cc1ccccc1. The molecule has 4 heteroatoms. The summed E-state index contributed by atoms with van der Waals surface area (Å²) in [6, 6.07) is 9.60. The van der Waals surface area contributed by atoms with E-state index >= 15 is 0 Å². The first-order valence-electron chi connectivity index (χ1n) is 2.89. The second kappa shape index (κ2) is 6.29. The number of hydrogen-bond donors (Lipinski definition) is 0. The summed E-state index contributed by atoms with van der Waals surface area (Å²) in [5.74, 6) is 0.482. The van der Waals surface area contributed by atoms with Crippen molar-refractivity contribution in [2.24, 2.45) is 0 Å². The van der Waals surface area contributed by atoms with Gasteiger partial charge >= 0.3 is 29.6 Å². The molecular formula is C7H7NaOS2. The van der Waals surface area contributed by atoms with Crippen LogP contribution < -0.4 is 29.6 Å². The molecule has 1 rings (SSSR count). The van der Waals surface area contributed by atoms with Gasteiger partial charge in [0, 0.05) is 5.75 Å². The number of hydrogen-bond acceptors (Lipinski definition) is 2. The molecule has 1 nitrogen and oxygen atoms in total. The molecule has 0 N–H and O–H groups in total. The van der Waals surface area contributed by atoms with Gasteiger partial charge in [0.25, 0.3) is 0 Å². The second-order valence-electron chi connectivity index (χ2n) is 1.93. The first-order valence-corrected chi connectivity index (χ1v) is 5.13. The van der Waals surface area contributed by atoms with E-state index in [2.05, 4.69) is 11.2 Å². The fourth-order valence-corrected chi connectivity index (χ4v) is 1.58. The quantitative estimate of drug-likeness (QED) is 0.529. The van der Waals surface area contributed by atoms with Gasteiger partial charge in [-0.1, -0.05) is 41.5 Å². The van der Waals surface area contributed by atoms with E-state index in [1.54, 1.807) is 0 Å². The molecule has 0 amide bonds. The molecule has 0 heterocycles. The van der Waals surface area contributed by atoms with E-state index < -0.39 is 9.74 Å². The largest absolute Gasteiger partial charge is 1.00 e. The van der Waals surface area contributed by atoms with Crippen LogP contribution in [0.4, 0.5) is 0 Å². The fourth-order valence-electron chi connectivity index (χ4n) is 0.710. The molecule has 0 saturated heterocycles. The van der Waals surface area contributed by atoms with Crippen molar-refractivity contribution in [2.45, 2.75) is 5.75 Å². The molecule has 0 aliphatic carbocycles. The van der Waals surface area contributed by atoms with Crippen molar-refractivity contribution < 1.29 is 34.1 Å². The van der Waals surface area contributed by atoms with E-state index in [0.717, 1.165) is 5.56 Å². The summed E-state index contributed by atoms with van der Waals surface area (Å²) in [6.07, 6.45) is 0. The van der Waals surface area contributed by atoms with Crippen molar-refractivity contribution in [1.82, 2.24) is 0 Å². The van der Waals surface area contributed by atoms with Crippen molar-refractivity contribution >= 4 is 20.9 Å². The monoisotopic (exact) mass is 194 g/mol. The Morgan fingerprint density at radius 1 is 1.27 bits per heavy atom. The summed E-state index contributed by atoms with van der Waals surface area (Å²) in [5, 5.41) is 0. The normalized spacial score (nSPS) is 11.7. The van der Waals surface area contributed by atoms with E-state index in [1.807, 2.05) is 30.3 Å². The predicted octanol–water partition coefficient (Wildman–Crippen LogP) is -1.60. The van der Waals surface area contributed by atoms with Crippen LogP contribution in [0.25, 0.3) is 0 Å². The summed E-state index contributed by atoms with van der Waals surface area (Å²) in [5.41, 5.74) is 1.04. The van der Waals surface area contributed by atoms with Crippen molar-refractivity contribution in [1.29, 1.82) is 0 Å². The minimum absolute atomic E-state index is 0. The van der Waals surface area contributed by atoms with Crippen molar-refractivity contribution in [3.8, 4) is 0 Å². The smallest absolute Gasteiger partial charge is 0.794 e. The molecule has 0 aliphatic heterocycles. The van der Waals surface area contributed by atoms with Crippen molar-refractivity contribution in [3.05, 3.63) is 35.9 Å². The van der Waals surface area contributed by atoms with Crippen LogP contribution in [0.1, 0.15) is 5.56 Å². The Kier molecular flexibility index (Phi) is 6.71. The van der Waals surface area contributed by atoms with Gasteiger partial charge in [0.2, 0.25) is 0 Å². The molecule has 0 aromatic heterocycles. The first kappa shape index (κ1) is 11.8.